The van der Waals surface area contributed by atoms with Crippen LogP contribution in [-0.4, -0.2) is 13.3 Å². The molecule has 0 bridgehead atoms. The van der Waals surface area contributed by atoms with Crippen LogP contribution < -0.4 is 0 Å². The van der Waals surface area contributed by atoms with Gasteiger partial charge < -0.3 is 0 Å². The first-order valence-electron chi connectivity index (χ1n) is 4.09. The van der Waals surface area contributed by atoms with Crippen LogP contribution in [0.25, 0.3) is 0 Å². The van der Waals surface area contributed by atoms with E-state index in [9.17, 15) is 8.78 Å². The molecule has 0 aromatic rings. The Balaban J connectivity index is 2.54. The van der Waals surface area contributed by atoms with Crippen LogP contribution in [0.4, 0.5) is 8.78 Å². The number of allylic oxidation sites excluding steroid dienone is 2. The zero-order valence-corrected chi connectivity index (χ0v) is 6.82. The molecule has 0 radical (unpaired) electrons. The van der Waals surface area contributed by atoms with E-state index in [1.54, 1.807) is 0 Å². The van der Waals surface area contributed by atoms with Gasteiger partial charge in [-0.05, 0) is 30.3 Å². The molecule has 2 atom stereocenters. The van der Waals surface area contributed by atoms with Crippen molar-refractivity contribution in [2.24, 2.45) is 11.8 Å². The average molecular weight is 160 g/mol. The fourth-order valence-electron chi connectivity index (χ4n) is 1.55. The standard InChI is InChI=1S/C9H14F2/c1-7-4-8(5-10)2-3-9(7)6-11/h4,7,9H,2-3,5-6H2,1H3/t7-,9?/m1/s1. The Hall–Kier alpha value is -0.400. The van der Waals surface area contributed by atoms with Crippen LogP contribution in [0.15, 0.2) is 11.6 Å². The molecule has 1 aliphatic rings. The number of rotatable bonds is 2. The van der Waals surface area contributed by atoms with Crippen LogP contribution in [0, 0.1) is 11.8 Å². The minimum atomic E-state index is -0.358. The molecule has 1 rings (SSSR count). The highest BCUT2D eigenvalue weighted by atomic mass is 19.1. The fourth-order valence-corrected chi connectivity index (χ4v) is 1.55. The van der Waals surface area contributed by atoms with Crippen molar-refractivity contribution in [3.05, 3.63) is 11.6 Å². The van der Waals surface area contributed by atoms with E-state index in [2.05, 4.69) is 0 Å². The van der Waals surface area contributed by atoms with E-state index >= 15 is 0 Å². The predicted octanol–water partition coefficient (Wildman–Crippen LogP) is 2.90. The van der Waals surface area contributed by atoms with Crippen LogP contribution >= 0.6 is 0 Å². The fraction of sp³-hybridized carbons (Fsp3) is 0.778. The summed E-state index contributed by atoms with van der Waals surface area (Å²) in [4.78, 5) is 0. The largest absolute Gasteiger partial charge is 0.251 e. The van der Waals surface area contributed by atoms with E-state index in [4.69, 9.17) is 0 Å². The Morgan fingerprint density at radius 3 is 2.73 bits per heavy atom. The third kappa shape index (κ3) is 2.01. The molecule has 0 N–H and O–H groups in total. The van der Waals surface area contributed by atoms with Gasteiger partial charge in [0.1, 0.15) is 6.67 Å². The molecular formula is C9H14F2. The maximum absolute atomic E-state index is 12.2. The van der Waals surface area contributed by atoms with Gasteiger partial charge >= 0.3 is 0 Å². The van der Waals surface area contributed by atoms with E-state index in [-0.39, 0.29) is 25.2 Å². The Labute approximate surface area is 66.3 Å². The highest BCUT2D eigenvalue weighted by molar-refractivity contribution is 5.09. The molecule has 1 aliphatic carbocycles. The monoisotopic (exact) mass is 160 g/mol. The van der Waals surface area contributed by atoms with Crippen molar-refractivity contribution in [3.8, 4) is 0 Å². The molecule has 1 unspecified atom stereocenters. The molecule has 0 aromatic carbocycles. The Morgan fingerprint density at radius 2 is 2.27 bits per heavy atom. The lowest BCUT2D eigenvalue weighted by Crippen LogP contribution is -2.17. The van der Waals surface area contributed by atoms with E-state index in [0.29, 0.717) is 0 Å². The second-order valence-electron chi connectivity index (χ2n) is 3.27. The molecule has 0 nitrogen and oxygen atoms in total. The van der Waals surface area contributed by atoms with Gasteiger partial charge in [0.2, 0.25) is 0 Å². The third-order valence-corrected chi connectivity index (χ3v) is 2.45. The minimum absolute atomic E-state index is 0.130. The first-order chi connectivity index (χ1) is 5.27. The molecule has 0 amide bonds. The summed E-state index contributed by atoms with van der Waals surface area (Å²) in [5, 5.41) is 0. The number of hydrogen-bond acceptors (Lipinski definition) is 0. The van der Waals surface area contributed by atoms with Crippen LogP contribution in [-0.2, 0) is 0 Å². The van der Waals surface area contributed by atoms with Gasteiger partial charge in [0.05, 0.1) is 6.67 Å². The molecule has 0 saturated heterocycles. The second kappa shape index (κ2) is 3.84. The lowest BCUT2D eigenvalue weighted by atomic mass is 9.83. The summed E-state index contributed by atoms with van der Waals surface area (Å²) in [6, 6.07) is 0. The van der Waals surface area contributed by atoms with Crippen LogP contribution in [0.3, 0.4) is 0 Å². The van der Waals surface area contributed by atoms with Crippen LogP contribution in [0.5, 0.6) is 0 Å². The van der Waals surface area contributed by atoms with Crippen molar-refractivity contribution in [1.82, 2.24) is 0 Å². The summed E-state index contributed by atoms with van der Waals surface area (Å²) in [7, 11) is 0. The van der Waals surface area contributed by atoms with Crippen LogP contribution in [0.2, 0.25) is 0 Å². The highest BCUT2D eigenvalue weighted by Crippen LogP contribution is 2.28. The minimum Gasteiger partial charge on any atom is -0.251 e. The summed E-state index contributed by atoms with van der Waals surface area (Å²) >= 11 is 0. The summed E-state index contributed by atoms with van der Waals surface area (Å²) in [5.74, 6) is 0.352. The second-order valence-corrected chi connectivity index (χ2v) is 3.27. The normalized spacial score (nSPS) is 31.7. The van der Waals surface area contributed by atoms with Crippen molar-refractivity contribution in [2.45, 2.75) is 19.8 Å². The molecule has 11 heavy (non-hydrogen) atoms. The van der Waals surface area contributed by atoms with Gasteiger partial charge in [-0.1, -0.05) is 13.0 Å². The topological polar surface area (TPSA) is 0 Å². The van der Waals surface area contributed by atoms with Gasteiger partial charge in [0.15, 0.2) is 0 Å². The quantitative estimate of drug-likeness (QED) is 0.545. The van der Waals surface area contributed by atoms with E-state index in [1.807, 2.05) is 13.0 Å². The van der Waals surface area contributed by atoms with Gasteiger partial charge in [0.25, 0.3) is 0 Å². The molecule has 2 heteroatoms. The van der Waals surface area contributed by atoms with Crippen molar-refractivity contribution >= 4 is 0 Å². The SMILES string of the molecule is C[C@@H]1C=C(CF)CCC1CF. The molecule has 0 fully saturated rings. The Morgan fingerprint density at radius 1 is 1.55 bits per heavy atom. The lowest BCUT2D eigenvalue weighted by Gasteiger charge is -2.24. The third-order valence-electron chi connectivity index (χ3n) is 2.45. The molecule has 0 aliphatic heterocycles. The summed E-state index contributed by atoms with van der Waals surface area (Å²) in [6.45, 7) is 1.33. The van der Waals surface area contributed by atoms with Crippen molar-refractivity contribution in [3.63, 3.8) is 0 Å². The average Bonchev–Trinajstić information content (AvgIpc) is 2.04. The molecule has 0 heterocycles. The molecule has 64 valence electrons. The van der Waals surface area contributed by atoms with E-state index < -0.39 is 0 Å². The van der Waals surface area contributed by atoms with Crippen LogP contribution in [0.1, 0.15) is 19.8 Å². The summed E-state index contributed by atoms with van der Waals surface area (Å²) < 4.78 is 24.4. The molecule has 0 saturated carbocycles. The Bertz CT molecular complexity index is 152. The summed E-state index contributed by atoms with van der Waals surface area (Å²) in [6.07, 6.45) is 3.44. The molecule has 0 spiro atoms. The van der Waals surface area contributed by atoms with Gasteiger partial charge in [-0.25, -0.2) is 4.39 Å². The van der Waals surface area contributed by atoms with E-state index in [0.717, 1.165) is 18.4 Å². The highest BCUT2D eigenvalue weighted by Gasteiger charge is 2.20. The van der Waals surface area contributed by atoms with Gasteiger partial charge in [-0.15, -0.1) is 0 Å². The maximum atomic E-state index is 12.2. The van der Waals surface area contributed by atoms with Gasteiger partial charge in [-0.2, -0.15) is 0 Å². The first-order valence-corrected chi connectivity index (χ1v) is 4.09. The smallest absolute Gasteiger partial charge is 0.111 e. The molecule has 0 aromatic heterocycles. The van der Waals surface area contributed by atoms with E-state index in [1.165, 1.54) is 0 Å². The summed E-state index contributed by atoms with van der Waals surface area (Å²) in [5.41, 5.74) is 0.849. The number of hydrogen-bond donors (Lipinski definition) is 0. The number of halogens is 2. The Kier molecular flexibility index (Phi) is 3.03. The maximum Gasteiger partial charge on any atom is 0.111 e. The van der Waals surface area contributed by atoms with Crippen molar-refractivity contribution < 1.29 is 8.78 Å². The first kappa shape index (κ1) is 8.69. The van der Waals surface area contributed by atoms with Gasteiger partial charge in [-0.3, -0.25) is 4.39 Å². The number of alkyl halides is 2. The zero-order chi connectivity index (χ0) is 8.27. The zero-order valence-electron chi connectivity index (χ0n) is 6.82. The molecular weight excluding hydrogens is 146 g/mol. The predicted molar refractivity (Wildman–Crippen MR) is 41.9 cm³/mol. The van der Waals surface area contributed by atoms with Crippen molar-refractivity contribution in [1.29, 1.82) is 0 Å². The lowest BCUT2D eigenvalue weighted by molar-refractivity contribution is 0.276. The van der Waals surface area contributed by atoms with Gasteiger partial charge in [0, 0.05) is 0 Å². The van der Waals surface area contributed by atoms with Crippen molar-refractivity contribution in [2.75, 3.05) is 13.3 Å².